The number of ether oxygens (including phenoxy) is 1. The van der Waals surface area contributed by atoms with Crippen molar-refractivity contribution in [3.05, 3.63) is 133 Å². The SMILES string of the molecule is COc1ccc(-n2c3ccc(-n4c5ccc([Si](C(C)C)(C(C)C)C(C)C)cc5c5cc([Si](C(C)C)(C(C)C)C(C)C)ccc54)cc3c3cc(-n4c5ccc([Si](C(C)C)(C(C)C)C(C)C)cc5c5cc([Si](C(C)C)(C(C)C)C(C)C)ccc54)ccc32)cc1. The zero-order valence-corrected chi connectivity index (χ0v) is 62.4. The van der Waals surface area contributed by atoms with Crippen LogP contribution < -0.4 is 25.5 Å². The van der Waals surface area contributed by atoms with Gasteiger partial charge in [0.1, 0.15) is 5.75 Å². The molecule has 0 spiro atoms. The van der Waals surface area contributed by atoms with Gasteiger partial charge in [0.05, 0.1) is 72.5 Å². The first-order valence-corrected chi connectivity index (χ1v) is 42.9. The first kappa shape index (κ1) is 64.6. The number of benzene rings is 7. The van der Waals surface area contributed by atoms with Crippen molar-refractivity contribution in [3.8, 4) is 22.8 Å². The minimum atomic E-state index is -2.01. The molecular formula is C79H109N3OSi4. The van der Waals surface area contributed by atoms with E-state index in [9.17, 15) is 0 Å². The van der Waals surface area contributed by atoms with Gasteiger partial charge in [-0.1, -0.05) is 235 Å². The van der Waals surface area contributed by atoms with Gasteiger partial charge >= 0.3 is 0 Å². The molecule has 0 bridgehead atoms. The van der Waals surface area contributed by atoms with Gasteiger partial charge in [0.15, 0.2) is 0 Å². The molecule has 0 aliphatic heterocycles. The van der Waals surface area contributed by atoms with Crippen LogP contribution in [-0.2, 0) is 0 Å². The normalized spacial score (nSPS) is 13.7. The molecule has 0 amide bonds. The molecule has 7 aromatic carbocycles. The van der Waals surface area contributed by atoms with Crippen LogP contribution in [0.5, 0.6) is 5.75 Å². The summed E-state index contributed by atoms with van der Waals surface area (Å²) in [4.78, 5) is 0. The second kappa shape index (κ2) is 23.8. The number of fused-ring (bicyclic) bond motifs is 9. The van der Waals surface area contributed by atoms with E-state index in [2.05, 4.69) is 313 Å². The van der Waals surface area contributed by atoms with Crippen LogP contribution in [-0.4, -0.2) is 53.1 Å². The molecule has 0 radical (unpaired) electrons. The average molecular weight is 1230 g/mol. The van der Waals surface area contributed by atoms with Gasteiger partial charge in [-0.15, -0.1) is 0 Å². The van der Waals surface area contributed by atoms with Crippen LogP contribution in [0.15, 0.2) is 133 Å². The summed E-state index contributed by atoms with van der Waals surface area (Å²) in [5, 5.41) is 14.5. The maximum atomic E-state index is 5.75. The molecule has 0 aliphatic rings. The molecule has 8 heteroatoms. The third-order valence-electron chi connectivity index (χ3n) is 23.6. The Morgan fingerprint density at radius 3 is 0.621 bits per heavy atom. The molecule has 3 aromatic heterocycles. The van der Waals surface area contributed by atoms with Crippen LogP contribution >= 0.6 is 0 Å². The summed E-state index contributed by atoms with van der Waals surface area (Å²) >= 11 is 0. The van der Waals surface area contributed by atoms with E-state index in [1.54, 1.807) is 27.9 Å². The van der Waals surface area contributed by atoms with Crippen LogP contribution in [0.3, 0.4) is 0 Å². The zero-order valence-electron chi connectivity index (χ0n) is 58.4. The molecule has 0 saturated heterocycles. The molecule has 87 heavy (non-hydrogen) atoms. The molecule has 0 aliphatic carbocycles. The predicted molar refractivity (Wildman–Crippen MR) is 399 cm³/mol. The van der Waals surface area contributed by atoms with Crippen molar-refractivity contribution in [1.82, 2.24) is 13.7 Å². The van der Waals surface area contributed by atoms with E-state index in [0.29, 0.717) is 66.5 Å². The van der Waals surface area contributed by atoms with Crippen molar-refractivity contribution in [2.24, 2.45) is 0 Å². The van der Waals surface area contributed by atoms with E-state index >= 15 is 0 Å². The molecule has 10 aromatic rings. The van der Waals surface area contributed by atoms with E-state index in [-0.39, 0.29) is 0 Å². The van der Waals surface area contributed by atoms with Gasteiger partial charge in [-0.05, 0) is 151 Å². The molecule has 4 nitrogen and oxygen atoms in total. The molecule has 0 unspecified atom stereocenters. The highest BCUT2D eigenvalue weighted by atomic mass is 28.3. The lowest BCUT2D eigenvalue weighted by molar-refractivity contribution is 0.415. The molecule has 3 heterocycles. The first-order chi connectivity index (χ1) is 41.0. The largest absolute Gasteiger partial charge is 0.497 e. The fraction of sp³-hybridized carbons (Fsp3) is 0.468. The van der Waals surface area contributed by atoms with E-state index < -0.39 is 32.3 Å². The number of hydrogen-bond acceptors (Lipinski definition) is 1. The third kappa shape index (κ3) is 9.53. The summed E-state index contributed by atoms with van der Waals surface area (Å²) in [7, 11) is -6.28. The molecule has 0 saturated carbocycles. The summed E-state index contributed by atoms with van der Waals surface area (Å²) in [6, 6.07) is 54.4. The van der Waals surface area contributed by atoms with Gasteiger partial charge in [0.2, 0.25) is 0 Å². The van der Waals surface area contributed by atoms with E-state index in [0.717, 1.165) is 11.4 Å². The molecule has 0 fully saturated rings. The van der Waals surface area contributed by atoms with Crippen LogP contribution in [0.2, 0.25) is 66.5 Å². The Morgan fingerprint density at radius 2 is 0.414 bits per heavy atom. The summed E-state index contributed by atoms with van der Waals surface area (Å²) in [5.41, 5.74) is 18.3. The van der Waals surface area contributed by atoms with Gasteiger partial charge in [-0.2, -0.15) is 0 Å². The standard InChI is InChI=1S/C79H109N3OSi4/c1-48(2)84(49(3)4,50(5)6)64-32-38-76-70(44-64)71-45-65(85(51(7)8,52(9)10)53(11)12)33-39-77(71)81(76)61-28-36-74-68(42-61)69-43-62(29-37-75(69)80(74)60-26-30-63(83-25)31-27-60)82-78-40-34-66(86(54(13)14,55(15)16)56(17)18)46-72(78)73-47-67(35-41-79(73)82)87(57(19)20,58(21)22)59(23)24/h26-59H,1-25H3. The van der Waals surface area contributed by atoms with Crippen molar-refractivity contribution in [2.45, 2.75) is 233 Å². The van der Waals surface area contributed by atoms with Crippen LogP contribution in [0.1, 0.15) is 166 Å². The quantitative estimate of drug-likeness (QED) is 0.0698. The lowest BCUT2D eigenvalue weighted by atomic mass is 10.1. The van der Waals surface area contributed by atoms with Crippen molar-refractivity contribution in [2.75, 3.05) is 7.11 Å². The Bertz CT molecular complexity index is 3650. The smallest absolute Gasteiger partial charge is 0.119 e. The molecule has 462 valence electrons. The highest BCUT2D eigenvalue weighted by Crippen LogP contribution is 2.48. The first-order valence-electron chi connectivity index (χ1n) is 33.9. The number of methoxy groups -OCH3 is 1. The van der Waals surface area contributed by atoms with Crippen molar-refractivity contribution < 1.29 is 4.74 Å². The second-order valence-corrected chi connectivity index (χ2v) is 54.3. The van der Waals surface area contributed by atoms with E-state index in [4.69, 9.17) is 4.74 Å². The van der Waals surface area contributed by atoms with Crippen LogP contribution in [0, 0.1) is 0 Å². The fourth-order valence-corrected chi connectivity index (χ4v) is 48.0. The fourth-order valence-electron chi connectivity index (χ4n) is 21.0. The van der Waals surface area contributed by atoms with Crippen molar-refractivity contribution in [1.29, 1.82) is 0 Å². The van der Waals surface area contributed by atoms with Gasteiger partial charge in [0.25, 0.3) is 0 Å². The van der Waals surface area contributed by atoms with Crippen LogP contribution in [0.25, 0.3) is 82.5 Å². The van der Waals surface area contributed by atoms with Gasteiger partial charge in [-0.25, -0.2) is 0 Å². The molecule has 0 atom stereocenters. The van der Waals surface area contributed by atoms with Gasteiger partial charge in [-0.3, -0.25) is 0 Å². The van der Waals surface area contributed by atoms with E-state index in [1.165, 1.54) is 76.8 Å². The predicted octanol–water partition coefficient (Wildman–Crippen LogP) is 22.5. The number of aromatic nitrogens is 3. The maximum absolute atomic E-state index is 5.75. The lowest BCUT2D eigenvalue weighted by Crippen LogP contribution is -2.55. The van der Waals surface area contributed by atoms with E-state index in [1.807, 2.05) is 0 Å². The summed E-state index contributed by atoms with van der Waals surface area (Å²) < 4.78 is 13.5. The summed E-state index contributed by atoms with van der Waals surface area (Å²) in [6.45, 7) is 60.3. The topological polar surface area (TPSA) is 24.0 Å². The molecule has 10 rings (SSSR count). The summed E-state index contributed by atoms with van der Waals surface area (Å²) in [5.74, 6) is 0.856. The highest BCUT2D eigenvalue weighted by Gasteiger charge is 2.48. The molecule has 0 N–H and O–H groups in total. The minimum absolute atomic E-state index is 0.607. The Labute approximate surface area is 529 Å². The van der Waals surface area contributed by atoms with Gasteiger partial charge in [0, 0.05) is 49.4 Å². The Kier molecular flexibility index (Phi) is 17.6. The zero-order chi connectivity index (χ0) is 63.5. The number of hydrogen-bond donors (Lipinski definition) is 0. The second-order valence-electron chi connectivity index (χ2n) is 30.6. The number of nitrogens with zero attached hydrogens (tertiary/aromatic N) is 3. The third-order valence-corrected chi connectivity index (χ3v) is 51.7. The number of rotatable bonds is 20. The molecular weight excluding hydrogens is 1120 g/mol. The Hall–Kier alpha value is -5.39. The van der Waals surface area contributed by atoms with Gasteiger partial charge < -0.3 is 18.4 Å². The highest BCUT2D eigenvalue weighted by molar-refractivity contribution is 6.97. The average Bonchev–Trinajstić information content (AvgIpc) is 1.60. The monoisotopic (exact) mass is 1230 g/mol. The lowest BCUT2D eigenvalue weighted by Gasteiger charge is -2.44. The Morgan fingerprint density at radius 1 is 0.230 bits per heavy atom. The summed E-state index contributed by atoms with van der Waals surface area (Å²) in [6.07, 6.45) is 0. The van der Waals surface area contributed by atoms with Crippen LogP contribution in [0.4, 0.5) is 0 Å². The Balaban J connectivity index is 1.30. The van der Waals surface area contributed by atoms with Crippen molar-refractivity contribution in [3.63, 3.8) is 0 Å². The maximum Gasteiger partial charge on any atom is 0.119 e. The minimum Gasteiger partial charge on any atom is -0.497 e. The van der Waals surface area contributed by atoms with Crippen molar-refractivity contribution >= 4 is 118 Å².